The van der Waals surface area contributed by atoms with Gasteiger partial charge in [0.15, 0.2) is 0 Å². The van der Waals surface area contributed by atoms with Crippen LogP contribution in [0.3, 0.4) is 0 Å². The van der Waals surface area contributed by atoms with E-state index in [0.29, 0.717) is 43.3 Å². The largest absolute Gasteiger partial charge is 0.495 e. The van der Waals surface area contributed by atoms with Gasteiger partial charge in [0, 0.05) is 18.5 Å². The van der Waals surface area contributed by atoms with Crippen LogP contribution in [0.15, 0.2) is 83.1 Å². The van der Waals surface area contributed by atoms with Crippen LogP contribution in [0.5, 0.6) is 5.75 Å². The number of morpholine rings is 1. The normalized spacial score (nSPS) is 14.2. The summed E-state index contributed by atoms with van der Waals surface area (Å²) in [5.41, 5.74) is 1.74. The first-order valence-corrected chi connectivity index (χ1v) is 15.3. The lowest BCUT2D eigenvalue weighted by atomic mass is 10.2. The Morgan fingerprint density at radius 2 is 1.65 bits per heavy atom. The molecule has 13 heteroatoms. The third kappa shape index (κ3) is 7.82. The van der Waals surface area contributed by atoms with Gasteiger partial charge in [0.05, 0.1) is 48.8 Å². The molecule has 0 saturated carbocycles. The number of hydrogen-bond acceptors (Lipinski definition) is 8. The Bertz CT molecular complexity index is 1570. The van der Waals surface area contributed by atoms with Crippen LogP contribution in [0.25, 0.3) is 6.08 Å². The zero-order valence-electron chi connectivity index (χ0n) is 21.7. The van der Waals surface area contributed by atoms with Crippen LogP contribution in [-0.4, -0.2) is 62.7 Å². The highest BCUT2D eigenvalue weighted by Crippen LogP contribution is 2.32. The summed E-state index contributed by atoms with van der Waals surface area (Å²) in [6.07, 6.45) is 1.42. The van der Waals surface area contributed by atoms with Gasteiger partial charge in [-0.05, 0) is 42.0 Å². The Morgan fingerprint density at radius 3 is 2.38 bits per heavy atom. The maximum Gasteiger partial charge on any atom is 0.262 e. The first-order valence-electron chi connectivity index (χ1n) is 12.3. The van der Waals surface area contributed by atoms with Gasteiger partial charge >= 0.3 is 0 Å². The third-order valence-corrected chi connectivity index (χ3v) is 8.33. The lowest BCUT2D eigenvalue weighted by molar-refractivity contribution is -0.115. The van der Waals surface area contributed by atoms with E-state index in [-0.39, 0.29) is 16.3 Å². The van der Waals surface area contributed by atoms with E-state index in [4.69, 9.17) is 9.47 Å². The van der Waals surface area contributed by atoms with Crippen molar-refractivity contribution in [1.29, 1.82) is 0 Å². The first kappa shape index (κ1) is 29.1. The first-order chi connectivity index (χ1) is 19.2. The molecule has 1 saturated heterocycles. The molecule has 1 amide bonds. The molecule has 0 bridgehead atoms. The van der Waals surface area contributed by atoms with Gasteiger partial charge in [-0.15, -0.1) is 0 Å². The molecule has 0 unspecified atom stereocenters. The maximum atomic E-state index is 13.2. The van der Waals surface area contributed by atoms with Crippen LogP contribution in [0.4, 0.5) is 17.1 Å². The van der Waals surface area contributed by atoms with Gasteiger partial charge in [-0.1, -0.05) is 42.5 Å². The summed E-state index contributed by atoms with van der Waals surface area (Å²) >= 11 is 0. The van der Waals surface area contributed by atoms with Crippen molar-refractivity contribution in [3.8, 4) is 5.75 Å². The zero-order chi connectivity index (χ0) is 28.6. The number of methoxy groups -OCH3 is 1. The predicted octanol–water partition coefficient (Wildman–Crippen LogP) is 2.86. The molecule has 0 spiro atoms. The number of para-hydroxylation sites is 2. The number of carbonyl (C=O) groups excluding carboxylic acids is 1. The number of ether oxygens (including phenoxy) is 2. The van der Waals surface area contributed by atoms with Crippen molar-refractivity contribution in [2.45, 2.75) is 4.90 Å². The minimum absolute atomic E-state index is 0.0999. The standard InChI is InChI=1S/C27H30N4O7S2/c1-37-26-10-6-5-9-23(26)30-40(35,36)22-11-12-25(31-14-16-38-17-15-31)24(19-22)29-27(32)20-28-39(33,34)18-13-21-7-3-2-4-8-21/h2-13,18-19,28,30H,14-17,20H2,1H3,(H,29,32)/b18-13+. The second-order valence-electron chi connectivity index (χ2n) is 8.71. The molecule has 40 heavy (non-hydrogen) atoms. The van der Waals surface area contributed by atoms with E-state index in [2.05, 4.69) is 14.8 Å². The minimum Gasteiger partial charge on any atom is -0.495 e. The van der Waals surface area contributed by atoms with Crippen LogP contribution in [0.2, 0.25) is 0 Å². The monoisotopic (exact) mass is 586 g/mol. The van der Waals surface area contributed by atoms with Gasteiger partial charge in [-0.3, -0.25) is 9.52 Å². The molecule has 3 aromatic carbocycles. The van der Waals surface area contributed by atoms with Gasteiger partial charge < -0.3 is 19.7 Å². The highest BCUT2D eigenvalue weighted by Gasteiger charge is 2.22. The van der Waals surface area contributed by atoms with Gasteiger partial charge in [-0.2, -0.15) is 0 Å². The van der Waals surface area contributed by atoms with Crippen molar-refractivity contribution >= 4 is 49.1 Å². The van der Waals surface area contributed by atoms with E-state index < -0.39 is 32.5 Å². The number of anilines is 3. The average Bonchev–Trinajstić information content (AvgIpc) is 2.96. The lowest BCUT2D eigenvalue weighted by Crippen LogP contribution is -2.37. The van der Waals surface area contributed by atoms with Crippen LogP contribution >= 0.6 is 0 Å². The van der Waals surface area contributed by atoms with Crippen molar-refractivity contribution in [3.63, 3.8) is 0 Å². The average molecular weight is 587 g/mol. The van der Waals surface area contributed by atoms with E-state index >= 15 is 0 Å². The van der Waals surface area contributed by atoms with Crippen molar-refractivity contribution in [3.05, 3.63) is 83.8 Å². The summed E-state index contributed by atoms with van der Waals surface area (Å²) in [6.45, 7) is 1.45. The fourth-order valence-electron chi connectivity index (χ4n) is 3.94. The van der Waals surface area contributed by atoms with Gasteiger partial charge in [-0.25, -0.2) is 21.6 Å². The van der Waals surface area contributed by atoms with E-state index in [0.717, 1.165) is 5.41 Å². The lowest BCUT2D eigenvalue weighted by Gasteiger charge is -2.30. The number of sulfonamides is 2. The zero-order valence-corrected chi connectivity index (χ0v) is 23.4. The smallest absolute Gasteiger partial charge is 0.262 e. The molecule has 1 heterocycles. The molecule has 0 atom stereocenters. The van der Waals surface area contributed by atoms with E-state index in [1.807, 2.05) is 11.0 Å². The fourth-order valence-corrected chi connectivity index (χ4v) is 5.80. The number of nitrogens with one attached hydrogen (secondary N) is 3. The van der Waals surface area contributed by atoms with E-state index in [9.17, 15) is 21.6 Å². The van der Waals surface area contributed by atoms with Gasteiger partial charge in [0.25, 0.3) is 10.0 Å². The second kappa shape index (κ2) is 13.0. The number of benzene rings is 3. The summed E-state index contributed by atoms with van der Waals surface area (Å²) in [4.78, 5) is 14.7. The number of hydrogen-bond donors (Lipinski definition) is 3. The van der Waals surface area contributed by atoms with Gasteiger partial charge in [0.1, 0.15) is 5.75 Å². The molecule has 212 valence electrons. The van der Waals surface area contributed by atoms with Crippen LogP contribution < -0.4 is 24.4 Å². The molecule has 11 nitrogen and oxygen atoms in total. The molecule has 4 rings (SSSR count). The Hall–Kier alpha value is -3.91. The molecule has 0 aromatic heterocycles. The molecule has 0 radical (unpaired) electrons. The summed E-state index contributed by atoms with van der Waals surface area (Å²) in [5.74, 6) is -0.323. The van der Waals surface area contributed by atoms with Crippen LogP contribution in [0, 0.1) is 0 Å². The molecule has 1 aliphatic heterocycles. The van der Waals surface area contributed by atoms with Crippen molar-refractivity contribution in [1.82, 2.24) is 4.72 Å². The molecular weight excluding hydrogens is 556 g/mol. The van der Waals surface area contributed by atoms with Crippen molar-refractivity contribution < 1.29 is 31.1 Å². The van der Waals surface area contributed by atoms with E-state index in [1.54, 1.807) is 54.6 Å². The molecule has 3 N–H and O–H groups in total. The summed E-state index contributed by atoms with van der Waals surface area (Å²) in [6, 6.07) is 19.8. The summed E-state index contributed by atoms with van der Waals surface area (Å²) in [7, 11) is -6.54. The quantitative estimate of drug-likeness (QED) is 0.311. The minimum atomic E-state index is -4.07. The number of amides is 1. The molecule has 1 fully saturated rings. The number of rotatable bonds is 11. The predicted molar refractivity (Wildman–Crippen MR) is 154 cm³/mol. The van der Waals surface area contributed by atoms with Crippen molar-refractivity contribution in [2.75, 3.05) is 54.9 Å². The fraction of sp³-hybridized carbons (Fsp3) is 0.222. The summed E-state index contributed by atoms with van der Waals surface area (Å²) < 4.78 is 66.6. The Labute approximate surface area is 233 Å². The highest BCUT2D eigenvalue weighted by atomic mass is 32.2. The highest BCUT2D eigenvalue weighted by molar-refractivity contribution is 7.93. The van der Waals surface area contributed by atoms with Crippen molar-refractivity contribution in [2.24, 2.45) is 0 Å². The van der Waals surface area contributed by atoms with Gasteiger partial charge in [0.2, 0.25) is 15.9 Å². The second-order valence-corrected chi connectivity index (χ2v) is 12.0. The number of nitrogens with zero attached hydrogens (tertiary/aromatic N) is 1. The van der Waals surface area contributed by atoms with Crippen LogP contribution in [-0.2, 0) is 29.6 Å². The Balaban J connectivity index is 1.53. The number of carbonyl (C=O) groups is 1. The maximum absolute atomic E-state index is 13.2. The molecule has 3 aromatic rings. The SMILES string of the molecule is COc1ccccc1NS(=O)(=O)c1ccc(N2CCOCC2)c(NC(=O)CNS(=O)(=O)/C=C/c2ccccc2)c1. The Morgan fingerprint density at radius 1 is 0.950 bits per heavy atom. The molecule has 0 aliphatic carbocycles. The topological polar surface area (TPSA) is 143 Å². The molecule has 1 aliphatic rings. The summed E-state index contributed by atoms with van der Waals surface area (Å²) in [5, 5.41) is 3.64. The van der Waals surface area contributed by atoms with E-state index in [1.165, 1.54) is 25.3 Å². The molecular formula is C27H30N4O7S2. The third-order valence-electron chi connectivity index (χ3n) is 5.93. The van der Waals surface area contributed by atoms with Crippen LogP contribution in [0.1, 0.15) is 5.56 Å². The Kier molecular flexibility index (Phi) is 9.42.